The number of benzene rings is 1. The third-order valence-electron chi connectivity index (χ3n) is 3.81. The van der Waals surface area contributed by atoms with Crippen molar-refractivity contribution < 1.29 is 9.53 Å². The second kappa shape index (κ2) is 6.70. The number of morpholine rings is 1. The molecule has 1 saturated heterocycles. The van der Waals surface area contributed by atoms with Crippen LogP contribution in [0.2, 0.25) is 0 Å². The average molecular weight is 300 g/mol. The summed E-state index contributed by atoms with van der Waals surface area (Å²) in [5.74, 6) is 0.0851. The zero-order valence-corrected chi connectivity index (χ0v) is 12.7. The Balaban J connectivity index is 1.64. The van der Waals surface area contributed by atoms with E-state index in [-0.39, 0.29) is 18.4 Å². The molecule has 2 heterocycles. The second-order valence-corrected chi connectivity index (χ2v) is 5.38. The normalized spacial score (nSPS) is 18.4. The Labute approximate surface area is 129 Å². The topological polar surface area (TPSA) is 60.2 Å². The Kier molecular flexibility index (Phi) is 4.48. The lowest BCUT2D eigenvalue weighted by Gasteiger charge is -2.32. The number of hydrogen-bond acceptors (Lipinski definition) is 4. The van der Waals surface area contributed by atoms with Crippen molar-refractivity contribution >= 4 is 5.91 Å². The van der Waals surface area contributed by atoms with E-state index < -0.39 is 0 Å². The number of carbonyl (C=O) groups is 1. The number of carbonyl (C=O) groups excluding carboxylic acids is 1. The van der Waals surface area contributed by atoms with Crippen molar-refractivity contribution in [3.63, 3.8) is 0 Å². The van der Waals surface area contributed by atoms with Crippen LogP contribution in [0, 0.1) is 0 Å². The zero-order chi connectivity index (χ0) is 15.4. The van der Waals surface area contributed by atoms with Gasteiger partial charge in [-0.05, 0) is 18.6 Å². The summed E-state index contributed by atoms with van der Waals surface area (Å²) in [6.07, 6.45) is 3.01. The number of aromatic nitrogens is 3. The maximum Gasteiger partial charge on any atom is 0.228 e. The van der Waals surface area contributed by atoms with Crippen LogP contribution < -0.4 is 0 Å². The first-order valence-corrected chi connectivity index (χ1v) is 7.62. The molecule has 1 aliphatic heterocycles. The van der Waals surface area contributed by atoms with Gasteiger partial charge in [0.05, 0.1) is 36.7 Å². The number of ether oxygens (including phenoxy) is 1. The van der Waals surface area contributed by atoms with Crippen molar-refractivity contribution in [2.45, 2.75) is 25.9 Å². The molecule has 3 rings (SSSR count). The van der Waals surface area contributed by atoms with Crippen molar-refractivity contribution in [2.75, 3.05) is 19.7 Å². The third-order valence-corrected chi connectivity index (χ3v) is 3.81. The van der Waals surface area contributed by atoms with E-state index in [1.807, 2.05) is 35.2 Å². The number of amides is 1. The van der Waals surface area contributed by atoms with Crippen molar-refractivity contribution in [3.05, 3.63) is 42.2 Å². The van der Waals surface area contributed by atoms with Gasteiger partial charge in [0.15, 0.2) is 0 Å². The molecule has 6 nitrogen and oxygen atoms in total. The van der Waals surface area contributed by atoms with Crippen LogP contribution in [0.1, 0.15) is 19.0 Å². The fourth-order valence-corrected chi connectivity index (χ4v) is 2.52. The van der Waals surface area contributed by atoms with Crippen LogP contribution in [0.25, 0.3) is 5.69 Å². The fraction of sp³-hybridized carbons (Fsp3) is 0.438. The summed E-state index contributed by atoms with van der Waals surface area (Å²) in [6.45, 7) is 4.01. The highest BCUT2D eigenvalue weighted by Crippen LogP contribution is 2.10. The highest BCUT2D eigenvalue weighted by molar-refractivity contribution is 5.78. The van der Waals surface area contributed by atoms with E-state index in [0.717, 1.165) is 12.1 Å². The van der Waals surface area contributed by atoms with Gasteiger partial charge in [0.25, 0.3) is 0 Å². The Morgan fingerprint density at radius 3 is 2.95 bits per heavy atom. The first-order valence-electron chi connectivity index (χ1n) is 7.62. The molecule has 1 aromatic carbocycles. The lowest BCUT2D eigenvalue weighted by Crippen LogP contribution is -2.46. The molecule has 0 unspecified atom stereocenters. The summed E-state index contributed by atoms with van der Waals surface area (Å²) in [5.41, 5.74) is 1.58. The van der Waals surface area contributed by atoms with Crippen LogP contribution in [0.5, 0.6) is 0 Å². The SMILES string of the molecule is CC[C@H]1CN(C(=O)Cc2cnn(-c3ccccc3)n2)CCO1. The number of rotatable bonds is 4. The van der Waals surface area contributed by atoms with Gasteiger partial charge in [-0.2, -0.15) is 15.0 Å². The summed E-state index contributed by atoms with van der Waals surface area (Å²) in [7, 11) is 0. The third kappa shape index (κ3) is 3.33. The molecule has 1 amide bonds. The summed E-state index contributed by atoms with van der Waals surface area (Å²) >= 11 is 0. The summed E-state index contributed by atoms with van der Waals surface area (Å²) in [6, 6.07) is 9.67. The molecule has 0 radical (unpaired) electrons. The molecular weight excluding hydrogens is 280 g/mol. The van der Waals surface area contributed by atoms with E-state index in [1.54, 1.807) is 11.0 Å². The highest BCUT2D eigenvalue weighted by atomic mass is 16.5. The van der Waals surface area contributed by atoms with Crippen LogP contribution in [-0.2, 0) is 16.0 Å². The summed E-state index contributed by atoms with van der Waals surface area (Å²) < 4.78 is 5.59. The number of nitrogens with zero attached hydrogens (tertiary/aromatic N) is 4. The molecule has 6 heteroatoms. The number of para-hydroxylation sites is 1. The fourth-order valence-electron chi connectivity index (χ4n) is 2.52. The number of hydrogen-bond donors (Lipinski definition) is 0. The van der Waals surface area contributed by atoms with Crippen molar-refractivity contribution in [2.24, 2.45) is 0 Å². The van der Waals surface area contributed by atoms with Gasteiger partial charge < -0.3 is 9.64 Å². The van der Waals surface area contributed by atoms with Crippen LogP contribution >= 0.6 is 0 Å². The summed E-state index contributed by atoms with van der Waals surface area (Å²) in [4.78, 5) is 15.8. The molecule has 0 saturated carbocycles. The molecule has 1 aliphatic rings. The van der Waals surface area contributed by atoms with E-state index in [1.165, 1.54) is 0 Å². The van der Waals surface area contributed by atoms with E-state index in [2.05, 4.69) is 17.1 Å². The van der Waals surface area contributed by atoms with E-state index >= 15 is 0 Å². The standard InChI is InChI=1S/C16H20N4O2/c1-2-15-12-19(8-9-22-15)16(21)10-13-11-17-20(18-13)14-6-4-3-5-7-14/h3-7,11,15H,2,8-10,12H2,1H3/t15-/m0/s1. The van der Waals surface area contributed by atoms with E-state index in [9.17, 15) is 4.79 Å². The van der Waals surface area contributed by atoms with Crippen LogP contribution in [0.15, 0.2) is 36.5 Å². The maximum absolute atomic E-state index is 12.4. The van der Waals surface area contributed by atoms with Crippen LogP contribution in [0.3, 0.4) is 0 Å². The molecule has 0 N–H and O–H groups in total. The van der Waals surface area contributed by atoms with Crippen LogP contribution in [0.4, 0.5) is 0 Å². The minimum absolute atomic E-state index is 0.0851. The molecule has 1 fully saturated rings. The molecule has 0 spiro atoms. The minimum atomic E-state index is 0.0851. The average Bonchev–Trinajstić information content (AvgIpc) is 3.04. The quantitative estimate of drug-likeness (QED) is 0.857. The van der Waals surface area contributed by atoms with Crippen LogP contribution in [-0.4, -0.2) is 51.6 Å². The summed E-state index contributed by atoms with van der Waals surface area (Å²) in [5, 5.41) is 8.61. The zero-order valence-electron chi connectivity index (χ0n) is 12.7. The molecule has 1 aromatic heterocycles. The first-order chi connectivity index (χ1) is 10.8. The largest absolute Gasteiger partial charge is 0.375 e. The highest BCUT2D eigenvalue weighted by Gasteiger charge is 2.23. The van der Waals surface area contributed by atoms with Gasteiger partial charge in [-0.15, -0.1) is 0 Å². The van der Waals surface area contributed by atoms with Gasteiger partial charge in [0, 0.05) is 13.1 Å². The van der Waals surface area contributed by atoms with Gasteiger partial charge in [0.1, 0.15) is 0 Å². The van der Waals surface area contributed by atoms with Crippen molar-refractivity contribution in [1.29, 1.82) is 0 Å². The lowest BCUT2D eigenvalue weighted by molar-refractivity contribution is -0.138. The van der Waals surface area contributed by atoms with Gasteiger partial charge >= 0.3 is 0 Å². The predicted octanol–water partition coefficient (Wildman–Crippen LogP) is 1.45. The Bertz CT molecular complexity index is 626. The Morgan fingerprint density at radius 1 is 1.36 bits per heavy atom. The monoisotopic (exact) mass is 300 g/mol. The lowest BCUT2D eigenvalue weighted by atomic mass is 10.2. The molecule has 2 aromatic rings. The Hall–Kier alpha value is -2.21. The smallest absolute Gasteiger partial charge is 0.228 e. The molecule has 0 aliphatic carbocycles. The van der Waals surface area contributed by atoms with Gasteiger partial charge in [0.2, 0.25) is 5.91 Å². The van der Waals surface area contributed by atoms with Gasteiger partial charge in [-0.1, -0.05) is 25.1 Å². The second-order valence-electron chi connectivity index (χ2n) is 5.38. The van der Waals surface area contributed by atoms with E-state index in [0.29, 0.717) is 25.4 Å². The van der Waals surface area contributed by atoms with Crippen molar-refractivity contribution in [1.82, 2.24) is 19.9 Å². The minimum Gasteiger partial charge on any atom is -0.375 e. The molecule has 22 heavy (non-hydrogen) atoms. The first kappa shape index (κ1) is 14.7. The molecule has 0 bridgehead atoms. The van der Waals surface area contributed by atoms with Gasteiger partial charge in [-0.3, -0.25) is 4.79 Å². The van der Waals surface area contributed by atoms with Crippen molar-refractivity contribution in [3.8, 4) is 5.69 Å². The molecule has 116 valence electrons. The molecular formula is C16H20N4O2. The maximum atomic E-state index is 12.4. The predicted molar refractivity (Wildman–Crippen MR) is 81.7 cm³/mol. The van der Waals surface area contributed by atoms with Gasteiger partial charge in [-0.25, -0.2) is 0 Å². The van der Waals surface area contributed by atoms with E-state index in [4.69, 9.17) is 4.74 Å². The molecule has 1 atom stereocenters. The Morgan fingerprint density at radius 2 is 2.18 bits per heavy atom.